The van der Waals surface area contributed by atoms with Crippen molar-refractivity contribution in [1.29, 1.82) is 0 Å². The minimum absolute atomic E-state index is 0.553. The fraction of sp³-hybridized carbons (Fsp3) is 0.500. The van der Waals surface area contributed by atoms with Gasteiger partial charge in [0, 0.05) is 12.2 Å². The molecule has 1 aromatic rings. The molecular formula is C12H18N2. The molecule has 0 aromatic heterocycles. The van der Waals surface area contributed by atoms with Crippen LogP contribution in [0.3, 0.4) is 0 Å². The highest BCUT2D eigenvalue weighted by molar-refractivity contribution is 5.60. The van der Waals surface area contributed by atoms with Crippen LogP contribution in [0.4, 0.5) is 5.69 Å². The van der Waals surface area contributed by atoms with Crippen molar-refractivity contribution in [3.8, 4) is 0 Å². The Morgan fingerprint density at radius 3 is 3.07 bits per heavy atom. The van der Waals surface area contributed by atoms with Crippen molar-refractivity contribution >= 4 is 5.69 Å². The van der Waals surface area contributed by atoms with Gasteiger partial charge in [0.1, 0.15) is 0 Å². The van der Waals surface area contributed by atoms with Crippen LogP contribution in [0.15, 0.2) is 18.2 Å². The van der Waals surface area contributed by atoms with Gasteiger partial charge in [-0.25, -0.2) is 0 Å². The summed E-state index contributed by atoms with van der Waals surface area (Å²) in [6.07, 6.45) is 2.25. The Morgan fingerprint density at radius 2 is 2.36 bits per heavy atom. The third kappa shape index (κ3) is 1.50. The van der Waals surface area contributed by atoms with Gasteiger partial charge >= 0.3 is 0 Å². The van der Waals surface area contributed by atoms with Crippen molar-refractivity contribution in [2.75, 3.05) is 18.4 Å². The summed E-state index contributed by atoms with van der Waals surface area (Å²) >= 11 is 0. The molecule has 1 atom stereocenters. The number of rotatable bonds is 2. The molecular weight excluding hydrogens is 172 g/mol. The van der Waals surface area contributed by atoms with Gasteiger partial charge in [0.25, 0.3) is 0 Å². The van der Waals surface area contributed by atoms with E-state index in [0.29, 0.717) is 5.92 Å². The highest BCUT2D eigenvalue weighted by Gasteiger charge is 2.19. The Morgan fingerprint density at radius 1 is 1.50 bits per heavy atom. The highest BCUT2D eigenvalue weighted by Crippen LogP contribution is 2.33. The van der Waals surface area contributed by atoms with Crippen LogP contribution in [0.5, 0.6) is 0 Å². The quantitative estimate of drug-likeness (QED) is 0.749. The topological polar surface area (TPSA) is 38.0 Å². The van der Waals surface area contributed by atoms with Crippen molar-refractivity contribution in [2.24, 2.45) is 5.73 Å². The first kappa shape index (κ1) is 9.53. The molecule has 2 nitrogen and oxygen atoms in total. The van der Waals surface area contributed by atoms with Gasteiger partial charge in [-0.15, -0.1) is 0 Å². The average Bonchev–Trinajstić information content (AvgIpc) is 2.27. The second kappa shape index (κ2) is 4.01. The summed E-state index contributed by atoms with van der Waals surface area (Å²) < 4.78 is 0. The van der Waals surface area contributed by atoms with Gasteiger partial charge < -0.3 is 11.1 Å². The minimum atomic E-state index is 0.553. The zero-order valence-corrected chi connectivity index (χ0v) is 8.72. The lowest BCUT2D eigenvalue weighted by Crippen LogP contribution is -2.23. The van der Waals surface area contributed by atoms with Gasteiger partial charge in [0.15, 0.2) is 0 Å². The molecule has 0 saturated carbocycles. The Labute approximate surface area is 85.5 Å². The van der Waals surface area contributed by atoms with Crippen LogP contribution >= 0.6 is 0 Å². The van der Waals surface area contributed by atoms with E-state index >= 15 is 0 Å². The molecule has 0 radical (unpaired) electrons. The molecule has 3 N–H and O–H groups in total. The molecule has 0 aliphatic carbocycles. The fourth-order valence-electron chi connectivity index (χ4n) is 2.24. The van der Waals surface area contributed by atoms with Crippen LogP contribution in [0.1, 0.15) is 30.4 Å². The Kier molecular flexibility index (Phi) is 2.73. The molecule has 0 fully saturated rings. The third-order valence-electron chi connectivity index (χ3n) is 3.08. The average molecular weight is 190 g/mol. The Balaban J connectivity index is 2.43. The second-order valence-electron chi connectivity index (χ2n) is 3.88. The van der Waals surface area contributed by atoms with E-state index in [-0.39, 0.29) is 0 Å². The van der Waals surface area contributed by atoms with Crippen LogP contribution in [-0.4, -0.2) is 13.1 Å². The Bertz CT molecular complexity index is 320. The van der Waals surface area contributed by atoms with Crippen LogP contribution in [-0.2, 0) is 6.42 Å². The lowest BCUT2D eigenvalue weighted by molar-refractivity contribution is 0.635. The molecule has 76 valence electrons. The van der Waals surface area contributed by atoms with Gasteiger partial charge in [-0.2, -0.15) is 0 Å². The molecule has 0 bridgehead atoms. The summed E-state index contributed by atoms with van der Waals surface area (Å²) in [5, 5.41) is 3.49. The zero-order chi connectivity index (χ0) is 9.97. The van der Waals surface area contributed by atoms with Gasteiger partial charge in [-0.3, -0.25) is 0 Å². The Hall–Kier alpha value is -1.02. The number of hydrogen-bond donors (Lipinski definition) is 2. The van der Waals surface area contributed by atoms with E-state index in [1.807, 2.05) is 0 Å². The summed E-state index contributed by atoms with van der Waals surface area (Å²) in [6.45, 7) is 4.02. The first-order valence-electron chi connectivity index (χ1n) is 5.42. The maximum absolute atomic E-state index is 5.78. The first-order valence-corrected chi connectivity index (χ1v) is 5.42. The number of nitrogens with two attached hydrogens (primary N) is 1. The number of benzene rings is 1. The van der Waals surface area contributed by atoms with Gasteiger partial charge in [0.2, 0.25) is 0 Å². The molecule has 1 aromatic carbocycles. The summed E-state index contributed by atoms with van der Waals surface area (Å²) in [6, 6.07) is 6.55. The lowest BCUT2D eigenvalue weighted by atomic mass is 9.89. The van der Waals surface area contributed by atoms with Crippen molar-refractivity contribution in [3.63, 3.8) is 0 Å². The second-order valence-corrected chi connectivity index (χ2v) is 3.88. The summed E-state index contributed by atoms with van der Waals surface area (Å²) in [7, 11) is 0. The van der Waals surface area contributed by atoms with Crippen LogP contribution in [0, 0.1) is 0 Å². The summed E-state index contributed by atoms with van der Waals surface area (Å²) in [4.78, 5) is 0. The predicted octanol–water partition coefficient (Wildman–Crippen LogP) is 2.11. The first-order chi connectivity index (χ1) is 6.86. The maximum atomic E-state index is 5.78. The SMILES string of the molecule is CCc1cccc2c1NCCC2CN. The van der Waals surface area contributed by atoms with Gasteiger partial charge in [-0.1, -0.05) is 25.1 Å². The van der Waals surface area contributed by atoms with Gasteiger partial charge in [-0.05, 0) is 36.4 Å². The number of nitrogens with one attached hydrogen (secondary N) is 1. The summed E-state index contributed by atoms with van der Waals surface area (Å²) in [5.74, 6) is 0.553. The predicted molar refractivity (Wildman–Crippen MR) is 60.7 cm³/mol. The zero-order valence-electron chi connectivity index (χ0n) is 8.72. The fourth-order valence-corrected chi connectivity index (χ4v) is 2.24. The van der Waals surface area contributed by atoms with Crippen LogP contribution in [0.2, 0.25) is 0 Å². The molecule has 1 unspecified atom stereocenters. The number of fused-ring (bicyclic) bond motifs is 1. The molecule has 1 heterocycles. The largest absolute Gasteiger partial charge is 0.385 e. The monoisotopic (exact) mass is 190 g/mol. The smallest absolute Gasteiger partial charge is 0.0408 e. The molecule has 0 spiro atoms. The number of anilines is 1. The van der Waals surface area contributed by atoms with E-state index in [4.69, 9.17) is 5.73 Å². The van der Waals surface area contributed by atoms with E-state index in [0.717, 1.165) is 25.9 Å². The van der Waals surface area contributed by atoms with Gasteiger partial charge in [0.05, 0.1) is 0 Å². The van der Waals surface area contributed by atoms with E-state index in [9.17, 15) is 0 Å². The highest BCUT2D eigenvalue weighted by atomic mass is 14.9. The molecule has 2 heteroatoms. The van der Waals surface area contributed by atoms with Crippen molar-refractivity contribution in [1.82, 2.24) is 0 Å². The molecule has 0 amide bonds. The van der Waals surface area contributed by atoms with E-state index in [1.165, 1.54) is 16.8 Å². The third-order valence-corrected chi connectivity index (χ3v) is 3.08. The number of para-hydroxylation sites is 1. The minimum Gasteiger partial charge on any atom is -0.385 e. The lowest BCUT2D eigenvalue weighted by Gasteiger charge is -2.27. The van der Waals surface area contributed by atoms with Crippen LogP contribution in [0.25, 0.3) is 0 Å². The molecule has 14 heavy (non-hydrogen) atoms. The molecule has 0 saturated heterocycles. The van der Waals surface area contributed by atoms with Crippen LogP contribution < -0.4 is 11.1 Å². The number of hydrogen-bond acceptors (Lipinski definition) is 2. The molecule has 2 rings (SSSR count). The molecule has 1 aliphatic heterocycles. The molecule has 1 aliphatic rings. The van der Waals surface area contributed by atoms with E-state index in [2.05, 4.69) is 30.4 Å². The van der Waals surface area contributed by atoms with Crippen molar-refractivity contribution in [3.05, 3.63) is 29.3 Å². The maximum Gasteiger partial charge on any atom is 0.0408 e. The van der Waals surface area contributed by atoms with E-state index < -0.39 is 0 Å². The standard InChI is InChI=1S/C12H18N2/c1-2-9-4-3-5-11-10(8-13)6-7-14-12(9)11/h3-5,10,14H,2,6-8,13H2,1H3. The number of aryl methyl sites for hydroxylation is 1. The summed E-state index contributed by atoms with van der Waals surface area (Å²) in [5.41, 5.74) is 9.96. The van der Waals surface area contributed by atoms with Crippen molar-refractivity contribution < 1.29 is 0 Å². The van der Waals surface area contributed by atoms with E-state index in [1.54, 1.807) is 0 Å². The normalized spacial score (nSPS) is 20.0. The van der Waals surface area contributed by atoms with Crippen molar-refractivity contribution in [2.45, 2.75) is 25.7 Å².